The van der Waals surface area contributed by atoms with Gasteiger partial charge in [0.15, 0.2) is 0 Å². The third kappa shape index (κ3) is 3.49. The minimum absolute atomic E-state index is 0.230. The van der Waals surface area contributed by atoms with Crippen LogP contribution in [0.5, 0.6) is 0 Å². The summed E-state index contributed by atoms with van der Waals surface area (Å²) in [5.74, 6) is -0.956. The Hall–Kier alpha value is -2.69. The van der Waals surface area contributed by atoms with E-state index >= 15 is 0 Å². The molecule has 2 aromatic rings. The molecule has 0 saturated heterocycles. The number of nitrogen functional groups attached to an aromatic ring is 1. The SMILES string of the molecule is CCc1cc(N=Nc2ccc(C(=O)O)cc2)cc(CC)c1N. The first-order chi connectivity index (χ1) is 10.5. The first-order valence-corrected chi connectivity index (χ1v) is 7.21. The van der Waals surface area contributed by atoms with Crippen LogP contribution in [0.3, 0.4) is 0 Å². The van der Waals surface area contributed by atoms with E-state index in [9.17, 15) is 4.79 Å². The van der Waals surface area contributed by atoms with Crippen molar-refractivity contribution in [3.63, 3.8) is 0 Å². The Morgan fingerprint density at radius 3 is 1.95 bits per heavy atom. The number of rotatable bonds is 5. The highest BCUT2D eigenvalue weighted by atomic mass is 16.4. The Balaban J connectivity index is 2.27. The Morgan fingerprint density at radius 2 is 1.50 bits per heavy atom. The summed E-state index contributed by atoms with van der Waals surface area (Å²) in [7, 11) is 0. The molecule has 0 spiro atoms. The number of azo groups is 1. The first kappa shape index (κ1) is 15.7. The van der Waals surface area contributed by atoms with Crippen LogP contribution in [0.25, 0.3) is 0 Å². The van der Waals surface area contributed by atoms with Gasteiger partial charge in [-0.15, -0.1) is 0 Å². The summed E-state index contributed by atoms with van der Waals surface area (Å²) >= 11 is 0. The molecule has 0 aromatic heterocycles. The number of carbonyl (C=O) groups is 1. The molecule has 0 radical (unpaired) electrons. The van der Waals surface area contributed by atoms with Gasteiger partial charge in [-0.3, -0.25) is 0 Å². The van der Waals surface area contributed by atoms with Gasteiger partial charge in [0.1, 0.15) is 0 Å². The maximum Gasteiger partial charge on any atom is 0.335 e. The van der Waals surface area contributed by atoms with E-state index in [-0.39, 0.29) is 5.56 Å². The van der Waals surface area contributed by atoms with Gasteiger partial charge in [0.25, 0.3) is 0 Å². The van der Waals surface area contributed by atoms with E-state index in [0.717, 1.165) is 35.3 Å². The highest BCUT2D eigenvalue weighted by Gasteiger charge is 2.06. The standard InChI is InChI=1S/C17H19N3O2/c1-3-11-9-15(10-12(4-2)16(11)18)20-19-14-7-5-13(6-8-14)17(21)22/h5-10H,3-4,18H2,1-2H3,(H,21,22). The fraction of sp³-hybridized carbons (Fsp3) is 0.235. The van der Waals surface area contributed by atoms with Crippen LogP contribution in [-0.4, -0.2) is 11.1 Å². The number of carboxylic acid groups (broad SMARTS) is 1. The second kappa shape index (κ2) is 6.85. The molecule has 0 aliphatic heterocycles. The van der Waals surface area contributed by atoms with Crippen LogP contribution in [0, 0.1) is 0 Å². The van der Waals surface area contributed by atoms with Gasteiger partial charge in [-0.1, -0.05) is 13.8 Å². The number of aryl methyl sites for hydroxylation is 2. The maximum atomic E-state index is 10.8. The van der Waals surface area contributed by atoms with Gasteiger partial charge < -0.3 is 10.8 Å². The predicted molar refractivity (Wildman–Crippen MR) is 87.2 cm³/mol. The summed E-state index contributed by atoms with van der Waals surface area (Å²) in [5.41, 5.74) is 10.6. The van der Waals surface area contributed by atoms with Gasteiger partial charge in [-0.2, -0.15) is 10.2 Å². The van der Waals surface area contributed by atoms with Gasteiger partial charge in [0.05, 0.1) is 16.9 Å². The van der Waals surface area contributed by atoms with Crippen LogP contribution in [-0.2, 0) is 12.8 Å². The van der Waals surface area contributed by atoms with Crippen molar-refractivity contribution in [1.82, 2.24) is 0 Å². The normalized spacial score (nSPS) is 11.0. The molecule has 0 saturated carbocycles. The summed E-state index contributed by atoms with van der Waals surface area (Å²) in [5, 5.41) is 17.2. The van der Waals surface area contributed by atoms with E-state index in [1.807, 2.05) is 12.1 Å². The molecule has 0 amide bonds. The smallest absolute Gasteiger partial charge is 0.335 e. The molecule has 0 aliphatic carbocycles. The number of nitrogens with two attached hydrogens (primary N) is 1. The predicted octanol–water partition coefficient (Wildman–Crippen LogP) is 4.51. The summed E-state index contributed by atoms with van der Waals surface area (Å²) in [6.07, 6.45) is 1.69. The first-order valence-electron chi connectivity index (χ1n) is 7.21. The third-order valence-electron chi connectivity index (χ3n) is 3.49. The Labute approximate surface area is 129 Å². The second-order valence-corrected chi connectivity index (χ2v) is 4.94. The van der Waals surface area contributed by atoms with Crippen molar-refractivity contribution in [2.75, 3.05) is 5.73 Å². The van der Waals surface area contributed by atoms with Crippen LogP contribution in [0.15, 0.2) is 46.6 Å². The molecule has 5 heteroatoms. The zero-order valence-corrected chi connectivity index (χ0v) is 12.7. The number of hydrogen-bond acceptors (Lipinski definition) is 4. The number of hydrogen-bond donors (Lipinski definition) is 2. The lowest BCUT2D eigenvalue weighted by Gasteiger charge is -2.09. The van der Waals surface area contributed by atoms with Crippen LogP contribution in [0.1, 0.15) is 35.3 Å². The number of anilines is 1. The van der Waals surface area contributed by atoms with Crippen molar-refractivity contribution in [2.45, 2.75) is 26.7 Å². The molecule has 2 rings (SSSR count). The number of aromatic carboxylic acids is 1. The molecule has 0 atom stereocenters. The van der Waals surface area contributed by atoms with Crippen LogP contribution >= 0.6 is 0 Å². The fourth-order valence-corrected chi connectivity index (χ4v) is 2.19. The molecule has 0 heterocycles. The molecule has 0 fully saturated rings. The molecule has 3 N–H and O–H groups in total. The van der Waals surface area contributed by atoms with Gasteiger partial charge in [0, 0.05) is 5.69 Å². The van der Waals surface area contributed by atoms with Crippen LogP contribution < -0.4 is 5.73 Å². The van der Waals surface area contributed by atoms with Crippen molar-refractivity contribution < 1.29 is 9.90 Å². The fourth-order valence-electron chi connectivity index (χ4n) is 2.19. The monoisotopic (exact) mass is 297 g/mol. The minimum Gasteiger partial charge on any atom is -0.478 e. The Bertz CT molecular complexity index is 681. The largest absolute Gasteiger partial charge is 0.478 e. The molecule has 114 valence electrons. The molecule has 0 bridgehead atoms. The molecular formula is C17H19N3O2. The van der Waals surface area contributed by atoms with Gasteiger partial charge in [-0.25, -0.2) is 4.79 Å². The van der Waals surface area contributed by atoms with Gasteiger partial charge in [-0.05, 0) is 60.4 Å². The van der Waals surface area contributed by atoms with E-state index in [0.29, 0.717) is 5.69 Å². The quantitative estimate of drug-likeness (QED) is 0.628. The lowest BCUT2D eigenvalue weighted by atomic mass is 10.0. The number of carboxylic acids is 1. The average molecular weight is 297 g/mol. The highest BCUT2D eigenvalue weighted by Crippen LogP contribution is 2.27. The highest BCUT2D eigenvalue weighted by molar-refractivity contribution is 5.87. The molecule has 5 nitrogen and oxygen atoms in total. The van der Waals surface area contributed by atoms with Crippen molar-refractivity contribution >= 4 is 23.0 Å². The average Bonchev–Trinajstić information content (AvgIpc) is 2.54. The summed E-state index contributed by atoms with van der Waals surface area (Å²) in [6.45, 7) is 4.10. The van der Waals surface area contributed by atoms with Crippen molar-refractivity contribution in [3.8, 4) is 0 Å². The van der Waals surface area contributed by atoms with E-state index in [1.165, 1.54) is 12.1 Å². The minimum atomic E-state index is -0.956. The Morgan fingerprint density at radius 1 is 1.00 bits per heavy atom. The zero-order chi connectivity index (χ0) is 16.1. The molecule has 0 unspecified atom stereocenters. The number of nitrogens with zero attached hydrogens (tertiary/aromatic N) is 2. The topological polar surface area (TPSA) is 88.0 Å². The van der Waals surface area contributed by atoms with E-state index in [4.69, 9.17) is 10.8 Å². The van der Waals surface area contributed by atoms with Crippen LogP contribution in [0.2, 0.25) is 0 Å². The van der Waals surface area contributed by atoms with Gasteiger partial charge >= 0.3 is 5.97 Å². The Kier molecular flexibility index (Phi) is 4.88. The zero-order valence-electron chi connectivity index (χ0n) is 12.7. The summed E-state index contributed by atoms with van der Waals surface area (Å²) in [4.78, 5) is 10.8. The van der Waals surface area contributed by atoms with E-state index in [1.54, 1.807) is 12.1 Å². The maximum absolute atomic E-state index is 10.8. The summed E-state index contributed by atoms with van der Waals surface area (Å²) < 4.78 is 0. The van der Waals surface area contributed by atoms with Crippen LogP contribution in [0.4, 0.5) is 17.1 Å². The molecular weight excluding hydrogens is 278 g/mol. The molecule has 2 aromatic carbocycles. The summed E-state index contributed by atoms with van der Waals surface area (Å²) in [6, 6.07) is 10.1. The number of benzene rings is 2. The van der Waals surface area contributed by atoms with E-state index < -0.39 is 5.97 Å². The van der Waals surface area contributed by atoms with E-state index in [2.05, 4.69) is 24.1 Å². The second-order valence-electron chi connectivity index (χ2n) is 4.94. The molecule has 22 heavy (non-hydrogen) atoms. The molecule has 0 aliphatic rings. The third-order valence-corrected chi connectivity index (χ3v) is 3.49. The lowest BCUT2D eigenvalue weighted by Crippen LogP contribution is -1.98. The van der Waals surface area contributed by atoms with Crippen molar-refractivity contribution in [1.29, 1.82) is 0 Å². The lowest BCUT2D eigenvalue weighted by molar-refractivity contribution is 0.0697. The van der Waals surface area contributed by atoms with Crippen molar-refractivity contribution in [3.05, 3.63) is 53.1 Å². The van der Waals surface area contributed by atoms with Gasteiger partial charge in [0.2, 0.25) is 0 Å². The van der Waals surface area contributed by atoms with Crippen molar-refractivity contribution in [2.24, 2.45) is 10.2 Å².